The van der Waals surface area contributed by atoms with E-state index < -0.39 is 24.5 Å². The van der Waals surface area contributed by atoms with Crippen LogP contribution in [0.3, 0.4) is 0 Å². The van der Waals surface area contributed by atoms with Crippen molar-refractivity contribution in [3.8, 4) is 0 Å². The van der Waals surface area contributed by atoms with Gasteiger partial charge in [-0.05, 0) is 45.6 Å². The molecule has 0 spiro atoms. The van der Waals surface area contributed by atoms with Crippen LogP contribution in [0.15, 0.2) is 0 Å². The summed E-state index contributed by atoms with van der Waals surface area (Å²) in [5, 5.41) is 19.4. The van der Waals surface area contributed by atoms with Gasteiger partial charge in [0, 0.05) is 18.6 Å². The largest absolute Gasteiger partial charge is 0.387 e. The van der Waals surface area contributed by atoms with Gasteiger partial charge in [-0.25, -0.2) is 0 Å². The maximum absolute atomic E-state index is 9.85. The average Bonchev–Trinajstić information content (AvgIpc) is 2.54. The molecule has 0 amide bonds. The quantitative estimate of drug-likeness (QED) is 0.511. The number of hydrogen-bond acceptors (Lipinski definition) is 6. The van der Waals surface area contributed by atoms with Gasteiger partial charge in [-0.2, -0.15) is 0 Å². The topological polar surface area (TPSA) is 105 Å². The summed E-state index contributed by atoms with van der Waals surface area (Å²) in [4.78, 5) is 2.21. The number of nitrogens with two attached hydrogens (primary N) is 2. The van der Waals surface area contributed by atoms with Crippen molar-refractivity contribution in [2.24, 2.45) is 17.4 Å². The molecule has 1 heterocycles. The Kier molecular flexibility index (Phi) is 5.39. The Morgan fingerprint density at radius 1 is 1.30 bits per heavy atom. The second-order valence-corrected chi connectivity index (χ2v) is 6.61. The first-order valence-electron chi connectivity index (χ1n) is 7.61. The summed E-state index contributed by atoms with van der Waals surface area (Å²) in [6, 6.07) is 0.828. The van der Waals surface area contributed by atoms with Gasteiger partial charge in [0.1, 0.15) is 24.5 Å². The van der Waals surface area contributed by atoms with E-state index in [2.05, 4.69) is 11.8 Å². The van der Waals surface area contributed by atoms with Crippen LogP contribution in [-0.2, 0) is 4.74 Å². The molecule has 1 aliphatic heterocycles. The molecule has 0 aromatic carbocycles. The molecule has 5 atom stereocenters. The Hall–Kier alpha value is -0.240. The van der Waals surface area contributed by atoms with Crippen molar-refractivity contribution in [3.05, 3.63) is 0 Å². The van der Waals surface area contributed by atoms with Gasteiger partial charge in [-0.1, -0.05) is 0 Å². The molecular formula is C14H29N3O3. The highest BCUT2D eigenvalue weighted by molar-refractivity contribution is 4.92. The summed E-state index contributed by atoms with van der Waals surface area (Å²) in [5.74, 6) is 0.774. The Balaban J connectivity index is 1.68. The molecule has 2 rings (SSSR count). The minimum absolute atomic E-state index is 0.289. The third-order valence-electron chi connectivity index (χ3n) is 4.73. The maximum Gasteiger partial charge on any atom is 0.135 e. The second kappa shape index (κ2) is 6.68. The van der Waals surface area contributed by atoms with Crippen LogP contribution in [0, 0.1) is 5.92 Å². The maximum atomic E-state index is 9.85. The van der Waals surface area contributed by atoms with Crippen molar-refractivity contribution in [2.75, 3.05) is 13.6 Å². The summed E-state index contributed by atoms with van der Waals surface area (Å²) in [6.07, 6.45) is 1.62. The zero-order chi connectivity index (χ0) is 14.9. The van der Waals surface area contributed by atoms with Crippen LogP contribution >= 0.6 is 0 Å². The Bertz CT molecular complexity index is 310. The zero-order valence-electron chi connectivity index (χ0n) is 12.5. The van der Waals surface area contributed by atoms with Gasteiger partial charge in [-0.3, -0.25) is 0 Å². The van der Waals surface area contributed by atoms with Crippen molar-refractivity contribution in [1.82, 2.24) is 4.90 Å². The second-order valence-electron chi connectivity index (χ2n) is 6.61. The first-order chi connectivity index (χ1) is 9.38. The van der Waals surface area contributed by atoms with Crippen molar-refractivity contribution in [1.29, 1.82) is 0 Å². The van der Waals surface area contributed by atoms with Crippen LogP contribution in [0.2, 0.25) is 0 Å². The van der Waals surface area contributed by atoms with Gasteiger partial charge in [0.25, 0.3) is 0 Å². The monoisotopic (exact) mass is 287 g/mol. The molecule has 1 saturated carbocycles. The van der Waals surface area contributed by atoms with Crippen LogP contribution in [-0.4, -0.2) is 65.3 Å². The highest BCUT2D eigenvalue weighted by atomic mass is 16.6. The van der Waals surface area contributed by atoms with Gasteiger partial charge in [0.15, 0.2) is 0 Å². The molecule has 1 aliphatic carbocycles. The van der Waals surface area contributed by atoms with E-state index >= 15 is 0 Å². The lowest BCUT2D eigenvalue weighted by molar-refractivity contribution is -0.0243. The predicted molar refractivity (Wildman–Crippen MR) is 76.9 cm³/mol. The summed E-state index contributed by atoms with van der Waals surface area (Å²) in [7, 11) is 2.04. The lowest BCUT2D eigenvalue weighted by Gasteiger charge is -2.42. The van der Waals surface area contributed by atoms with Crippen LogP contribution < -0.4 is 11.5 Å². The number of hydrogen-bond donors (Lipinski definition) is 4. The fraction of sp³-hybridized carbons (Fsp3) is 1.00. The Morgan fingerprint density at radius 3 is 2.45 bits per heavy atom. The normalized spacial score (nSPS) is 42.8. The van der Waals surface area contributed by atoms with Gasteiger partial charge in [-0.15, -0.1) is 0 Å². The molecule has 6 N–H and O–H groups in total. The number of likely N-dealkylation sites (N-methyl/N-ethyl adjacent to an activating group) is 1. The SMILES string of the molecule is CC(N)CC[C@H]1C[C@H](N(C)C[C@H]2O[C@@H](N)[C@H](O)[C@@H]2O)C1. The van der Waals surface area contributed by atoms with E-state index in [1.807, 2.05) is 7.05 Å². The highest BCUT2D eigenvalue weighted by Gasteiger charge is 2.42. The lowest BCUT2D eigenvalue weighted by Crippen LogP contribution is -2.48. The molecule has 118 valence electrons. The van der Waals surface area contributed by atoms with Crippen LogP contribution in [0.4, 0.5) is 0 Å². The minimum Gasteiger partial charge on any atom is -0.387 e. The van der Waals surface area contributed by atoms with Gasteiger partial charge < -0.3 is 31.3 Å². The van der Waals surface area contributed by atoms with Crippen molar-refractivity contribution < 1.29 is 14.9 Å². The van der Waals surface area contributed by atoms with Gasteiger partial charge in [0.2, 0.25) is 0 Å². The van der Waals surface area contributed by atoms with Crippen molar-refractivity contribution >= 4 is 0 Å². The summed E-state index contributed by atoms with van der Waals surface area (Å²) >= 11 is 0. The summed E-state index contributed by atoms with van der Waals surface area (Å²) in [5.41, 5.74) is 11.4. The molecule has 0 aromatic rings. The number of ether oxygens (including phenoxy) is 1. The molecular weight excluding hydrogens is 258 g/mol. The fourth-order valence-corrected chi connectivity index (χ4v) is 3.16. The van der Waals surface area contributed by atoms with Crippen molar-refractivity contribution in [3.63, 3.8) is 0 Å². The number of aliphatic hydroxyl groups is 2. The number of aliphatic hydroxyl groups excluding tert-OH is 2. The number of rotatable bonds is 6. The van der Waals surface area contributed by atoms with E-state index in [0.29, 0.717) is 12.6 Å². The van der Waals surface area contributed by atoms with Crippen molar-refractivity contribution in [2.45, 2.75) is 69.2 Å². The molecule has 2 aliphatic rings. The molecule has 0 bridgehead atoms. The van der Waals surface area contributed by atoms with E-state index in [9.17, 15) is 10.2 Å². The molecule has 0 aromatic heterocycles. The molecule has 1 saturated heterocycles. The van der Waals surface area contributed by atoms with E-state index in [1.54, 1.807) is 0 Å². The molecule has 0 radical (unpaired) electrons. The van der Waals surface area contributed by atoms with E-state index in [0.717, 1.165) is 12.3 Å². The van der Waals surface area contributed by atoms with Gasteiger partial charge in [0.05, 0.1) is 0 Å². The Labute approximate surface area is 121 Å². The smallest absolute Gasteiger partial charge is 0.135 e. The average molecular weight is 287 g/mol. The molecule has 6 heteroatoms. The lowest BCUT2D eigenvalue weighted by atomic mass is 9.76. The van der Waals surface area contributed by atoms with Crippen LogP contribution in [0.1, 0.15) is 32.6 Å². The van der Waals surface area contributed by atoms with E-state index in [4.69, 9.17) is 16.2 Å². The van der Waals surface area contributed by atoms with E-state index in [1.165, 1.54) is 19.3 Å². The van der Waals surface area contributed by atoms with Crippen LogP contribution in [0.5, 0.6) is 0 Å². The molecule has 1 unspecified atom stereocenters. The number of nitrogens with zero attached hydrogens (tertiary/aromatic N) is 1. The first-order valence-corrected chi connectivity index (χ1v) is 7.61. The standard InChI is InChI=1S/C14H29N3O3/c1-8(15)3-4-9-5-10(6-9)17(2)7-11-12(18)13(19)14(16)20-11/h8-14,18-19H,3-7,15-16H2,1-2H3/t8?,9-,10-,11-,12-,13-,14-/m1/s1. The summed E-state index contributed by atoms with van der Waals surface area (Å²) in [6.45, 7) is 2.66. The minimum atomic E-state index is -0.978. The Morgan fingerprint density at radius 2 is 1.95 bits per heavy atom. The molecule has 6 nitrogen and oxygen atoms in total. The van der Waals surface area contributed by atoms with E-state index in [-0.39, 0.29) is 6.04 Å². The molecule has 20 heavy (non-hydrogen) atoms. The summed E-state index contributed by atoms with van der Waals surface area (Å²) < 4.78 is 5.40. The van der Waals surface area contributed by atoms with Crippen LogP contribution in [0.25, 0.3) is 0 Å². The predicted octanol–water partition coefficient (Wildman–Crippen LogP) is -0.770. The third kappa shape index (κ3) is 3.69. The molecule has 2 fully saturated rings. The fourth-order valence-electron chi connectivity index (χ4n) is 3.16. The zero-order valence-corrected chi connectivity index (χ0v) is 12.5. The third-order valence-corrected chi connectivity index (χ3v) is 4.73. The first kappa shape index (κ1) is 16.1. The highest BCUT2D eigenvalue weighted by Crippen LogP contribution is 2.35. The van der Waals surface area contributed by atoms with Gasteiger partial charge >= 0.3 is 0 Å².